The fourth-order valence-electron chi connectivity index (χ4n) is 2.08. The number of ketones is 1. The summed E-state index contributed by atoms with van der Waals surface area (Å²) in [6.45, 7) is 0. The highest BCUT2D eigenvalue weighted by molar-refractivity contribution is 5.97. The third kappa shape index (κ3) is 3.04. The molecule has 0 saturated carbocycles. The first kappa shape index (κ1) is 13.8. The lowest BCUT2D eigenvalue weighted by Gasteiger charge is -2.18. The van der Waals surface area contributed by atoms with Crippen molar-refractivity contribution in [2.24, 2.45) is 0 Å². The van der Waals surface area contributed by atoms with Gasteiger partial charge in [0.1, 0.15) is 6.10 Å². The van der Waals surface area contributed by atoms with Crippen molar-refractivity contribution in [2.45, 2.75) is 31.5 Å². The van der Waals surface area contributed by atoms with Crippen LogP contribution in [0.2, 0.25) is 0 Å². The molecule has 0 amide bonds. The second-order valence-corrected chi connectivity index (χ2v) is 4.50. The molecule has 0 radical (unpaired) electrons. The summed E-state index contributed by atoms with van der Waals surface area (Å²) in [5.41, 5.74) is -0.187. The van der Waals surface area contributed by atoms with E-state index in [1.807, 2.05) is 0 Å². The van der Waals surface area contributed by atoms with Crippen molar-refractivity contribution in [1.29, 1.82) is 0 Å². The van der Waals surface area contributed by atoms with Crippen molar-refractivity contribution in [3.63, 3.8) is 0 Å². The number of hydrogen-bond acceptors (Lipinski definition) is 2. The highest BCUT2D eigenvalue weighted by atomic mass is 19.4. The molecule has 1 N–H and O–H groups in total. The number of hydrogen-bond donors (Lipinski definition) is 1. The molecule has 0 spiro atoms. The summed E-state index contributed by atoms with van der Waals surface area (Å²) in [4.78, 5) is 11.6. The van der Waals surface area contributed by atoms with E-state index in [0.29, 0.717) is 18.4 Å². The van der Waals surface area contributed by atoms with E-state index in [1.165, 1.54) is 12.1 Å². The Morgan fingerprint density at radius 1 is 1.16 bits per heavy atom. The molecule has 0 bridgehead atoms. The fourth-order valence-corrected chi connectivity index (χ4v) is 2.08. The molecule has 0 saturated heterocycles. The predicted molar refractivity (Wildman–Crippen MR) is 63.3 cm³/mol. The lowest BCUT2D eigenvalue weighted by Crippen LogP contribution is -2.15. The molecule has 1 aromatic rings. The molecule has 1 aromatic carbocycles. The van der Waals surface area contributed by atoms with Crippen LogP contribution >= 0.6 is 0 Å². The number of alkyl halides is 3. The Balaban J connectivity index is 2.23. The van der Waals surface area contributed by atoms with Gasteiger partial charge in [0.05, 0.1) is 5.56 Å². The summed E-state index contributed by atoms with van der Waals surface area (Å²) in [5, 5.41) is 10.0. The second kappa shape index (κ2) is 5.17. The lowest BCUT2D eigenvalue weighted by atomic mass is 9.90. The van der Waals surface area contributed by atoms with Crippen molar-refractivity contribution in [3.8, 4) is 0 Å². The molecule has 19 heavy (non-hydrogen) atoms. The van der Waals surface area contributed by atoms with Gasteiger partial charge in [-0.05, 0) is 30.5 Å². The van der Waals surface area contributed by atoms with Gasteiger partial charge in [0.15, 0.2) is 5.78 Å². The molecule has 0 aliphatic heterocycles. The number of rotatable bonds is 2. The molecule has 0 fully saturated rings. The quantitative estimate of drug-likeness (QED) is 0.894. The minimum atomic E-state index is -4.40. The summed E-state index contributed by atoms with van der Waals surface area (Å²) >= 11 is 0. The van der Waals surface area contributed by atoms with E-state index in [4.69, 9.17) is 0 Å². The van der Waals surface area contributed by atoms with Crippen molar-refractivity contribution in [3.05, 3.63) is 47.0 Å². The number of aliphatic hydroxyl groups excluding tert-OH is 1. The Bertz CT molecular complexity index is 500. The van der Waals surface area contributed by atoms with E-state index in [0.717, 1.165) is 18.6 Å². The second-order valence-electron chi connectivity index (χ2n) is 4.50. The average Bonchev–Trinajstić information content (AvgIpc) is 2.38. The van der Waals surface area contributed by atoms with Gasteiger partial charge in [0.2, 0.25) is 0 Å². The van der Waals surface area contributed by atoms with Crippen molar-refractivity contribution >= 4 is 5.78 Å². The van der Waals surface area contributed by atoms with Gasteiger partial charge in [-0.1, -0.05) is 18.2 Å². The Labute approximate surface area is 108 Å². The van der Waals surface area contributed by atoms with Crippen LogP contribution < -0.4 is 0 Å². The average molecular weight is 270 g/mol. The van der Waals surface area contributed by atoms with Crippen LogP contribution in [0.3, 0.4) is 0 Å². The van der Waals surface area contributed by atoms with Crippen molar-refractivity contribution in [1.82, 2.24) is 0 Å². The van der Waals surface area contributed by atoms with E-state index in [-0.39, 0.29) is 11.4 Å². The Morgan fingerprint density at radius 3 is 2.32 bits per heavy atom. The maximum atomic E-state index is 12.4. The van der Waals surface area contributed by atoms with Gasteiger partial charge >= 0.3 is 6.18 Å². The third-order valence-corrected chi connectivity index (χ3v) is 3.14. The normalized spacial score (nSPS) is 18.1. The van der Waals surface area contributed by atoms with Crippen LogP contribution in [-0.4, -0.2) is 10.9 Å². The predicted octanol–water partition coefficient (Wildman–Crippen LogP) is 3.42. The molecule has 1 aliphatic rings. The number of benzene rings is 1. The van der Waals surface area contributed by atoms with Gasteiger partial charge in [-0.15, -0.1) is 0 Å². The smallest absolute Gasteiger partial charge is 0.384 e. The van der Waals surface area contributed by atoms with Crippen LogP contribution in [0.1, 0.15) is 36.5 Å². The number of allylic oxidation sites excluding steroid dienone is 1. The molecule has 5 heteroatoms. The number of aliphatic hydroxyl groups is 1. The van der Waals surface area contributed by atoms with Gasteiger partial charge in [0, 0.05) is 12.0 Å². The maximum absolute atomic E-state index is 12.4. The molecule has 102 valence electrons. The largest absolute Gasteiger partial charge is 0.416 e. The van der Waals surface area contributed by atoms with E-state index < -0.39 is 17.8 Å². The van der Waals surface area contributed by atoms with Gasteiger partial charge in [-0.25, -0.2) is 0 Å². The molecular weight excluding hydrogens is 257 g/mol. The van der Waals surface area contributed by atoms with Crippen LogP contribution in [0.25, 0.3) is 0 Å². The molecular formula is C14H13F3O2. The Hall–Kier alpha value is -1.62. The van der Waals surface area contributed by atoms with Crippen LogP contribution in [-0.2, 0) is 11.0 Å². The van der Waals surface area contributed by atoms with Crippen LogP contribution in [0.4, 0.5) is 13.2 Å². The first-order valence-electron chi connectivity index (χ1n) is 5.98. The van der Waals surface area contributed by atoms with E-state index >= 15 is 0 Å². The minimum absolute atomic E-state index is 0.140. The summed E-state index contributed by atoms with van der Waals surface area (Å²) in [6, 6.07) is 4.23. The first-order valence-corrected chi connectivity index (χ1v) is 5.98. The standard InChI is InChI=1S/C14H13F3O2/c15-14(16,17)10-7-5-9(6-8-10)13(19)11-3-1-2-4-12(11)18/h3,5-8,13,19H,1-2,4H2/t13-/m1/s1. The lowest BCUT2D eigenvalue weighted by molar-refractivity contribution is -0.137. The molecule has 2 rings (SSSR count). The maximum Gasteiger partial charge on any atom is 0.416 e. The topological polar surface area (TPSA) is 37.3 Å². The molecule has 0 unspecified atom stereocenters. The van der Waals surface area contributed by atoms with Crippen LogP contribution in [0.5, 0.6) is 0 Å². The zero-order valence-electron chi connectivity index (χ0n) is 10.1. The van der Waals surface area contributed by atoms with Crippen molar-refractivity contribution < 1.29 is 23.1 Å². The van der Waals surface area contributed by atoms with Gasteiger partial charge < -0.3 is 5.11 Å². The number of Topliss-reactive ketones (excluding diaryl/α,β-unsaturated/α-hetero) is 1. The molecule has 0 heterocycles. The number of halogens is 3. The van der Waals surface area contributed by atoms with E-state index in [9.17, 15) is 23.1 Å². The third-order valence-electron chi connectivity index (χ3n) is 3.14. The highest BCUT2D eigenvalue weighted by Crippen LogP contribution is 2.32. The van der Waals surface area contributed by atoms with E-state index in [2.05, 4.69) is 0 Å². The van der Waals surface area contributed by atoms with Crippen molar-refractivity contribution in [2.75, 3.05) is 0 Å². The monoisotopic (exact) mass is 270 g/mol. The number of carbonyl (C=O) groups is 1. The highest BCUT2D eigenvalue weighted by Gasteiger charge is 2.30. The van der Waals surface area contributed by atoms with Gasteiger partial charge in [-0.2, -0.15) is 13.2 Å². The zero-order chi connectivity index (χ0) is 14.0. The minimum Gasteiger partial charge on any atom is -0.384 e. The zero-order valence-corrected chi connectivity index (χ0v) is 10.1. The molecule has 2 nitrogen and oxygen atoms in total. The molecule has 1 atom stereocenters. The number of carbonyl (C=O) groups excluding carboxylic acids is 1. The fraction of sp³-hybridized carbons (Fsp3) is 0.357. The summed E-state index contributed by atoms with van der Waals surface area (Å²) in [6.07, 6.45) is -2.04. The summed E-state index contributed by atoms with van der Waals surface area (Å²) in [5.74, 6) is -0.140. The molecule has 0 aromatic heterocycles. The SMILES string of the molecule is O=C1CCCC=C1[C@H](O)c1ccc(C(F)(F)F)cc1. The van der Waals surface area contributed by atoms with Crippen LogP contribution in [0, 0.1) is 0 Å². The summed E-state index contributed by atoms with van der Waals surface area (Å²) in [7, 11) is 0. The Kier molecular flexibility index (Phi) is 3.75. The Morgan fingerprint density at radius 2 is 1.79 bits per heavy atom. The summed E-state index contributed by atoms with van der Waals surface area (Å²) < 4.78 is 37.2. The van der Waals surface area contributed by atoms with Gasteiger partial charge in [0.25, 0.3) is 0 Å². The first-order chi connectivity index (χ1) is 8.89. The van der Waals surface area contributed by atoms with E-state index in [1.54, 1.807) is 6.08 Å². The van der Waals surface area contributed by atoms with Crippen LogP contribution in [0.15, 0.2) is 35.9 Å². The van der Waals surface area contributed by atoms with Gasteiger partial charge in [-0.3, -0.25) is 4.79 Å². The molecule has 1 aliphatic carbocycles.